The number of carbonyl (C=O) groups excluding carboxylic acids is 2. The van der Waals surface area contributed by atoms with Crippen molar-refractivity contribution < 1.29 is 19.1 Å². The van der Waals surface area contributed by atoms with Gasteiger partial charge in [-0.2, -0.15) is 19.6 Å². The third-order valence-electron chi connectivity index (χ3n) is 4.96. The number of piperazine rings is 1. The minimum absolute atomic E-state index is 0.0487. The van der Waals surface area contributed by atoms with Gasteiger partial charge < -0.3 is 19.3 Å². The second-order valence-corrected chi connectivity index (χ2v) is 8.85. The van der Waals surface area contributed by atoms with Gasteiger partial charge in [-0.1, -0.05) is 6.92 Å². The number of hydrogen-bond donors (Lipinski definition) is 0. The number of ether oxygens (including phenoxy) is 2. The molecule has 1 saturated heterocycles. The number of amides is 1. The monoisotopic (exact) mass is 452 g/mol. The van der Waals surface area contributed by atoms with Crippen molar-refractivity contribution >= 4 is 35.3 Å². The number of aromatic nitrogens is 4. The van der Waals surface area contributed by atoms with Crippen molar-refractivity contribution in [3.8, 4) is 0 Å². The maximum atomic E-state index is 12.7. The summed E-state index contributed by atoms with van der Waals surface area (Å²) in [7, 11) is 0. The van der Waals surface area contributed by atoms with Crippen molar-refractivity contribution in [2.24, 2.45) is 0 Å². The first kappa shape index (κ1) is 23.1. The lowest BCUT2D eigenvalue weighted by Gasteiger charge is -2.45. The minimum Gasteiger partial charge on any atom is -0.461 e. The van der Waals surface area contributed by atoms with Crippen LogP contribution in [-0.2, 0) is 9.47 Å². The summed E-state index contributed by atoms with van der Waals surface area (Å²) in [5.74, 6) is -0.0790. The predicted octanol–water partition coefficient (Wildman–Crippen LogP) is 3.18. The van der Waals surface area contributed by atoms with Gasteiger partial charge in [0.05, 0.1) is 12.6 Å². The van der Waals surface area contributed by atoms with Gasteiger partial charge in [-0.3, -0.25) is 0 Å². The zero-order chi connectivity index (χ0) is 22.9. The van der Waals surface area contributed by atoms with Crippen LogP contribution in [0.15, 0.2) is 6.07 Å². The van der Waals surface area contributed by atoms with Gasteiger partial charge in [0.2, 0.25) is 11.2 Å². The van der Waals surface area contributed by atoms with E-state index in [0.29, 0.717) is 24.7 Å². The van der Waals surface area contributed by atoms with Gasteiger partial charge in [-0.05, 0) is 52.6 Å². The second-order valence-electron chi connectivity index (χ2n) is 8.51. The van der Waals surface area contributed by atoms with Crippen molar-refractivity contribution in [1.82, 2.24) is 24.5 Å². The van der Waals surface area contributed by atoms with Gasteiger partial charge in [0, 0.05) is 25.2 Å². The SMILES string of the molecule is CCOC(=O)c1cc2nc(Cl)nc(N3C[C@@H](CC)N(C(=O)OC(C)(C)C)C[C@@H]3C)n2n1. The summed E-state index contributed by atoms with van der Waals surface area (Å²) < 4.78 is 12.1. The number of hydrogen-bond acceptors (Lipinski definition) is 8. The van der Waals surface area contributed by atoms with Crippen molar-refractivity contribution in [2.75, 3.05) is 24.6 Å². The molecular weight excluding hydrogens is 424 g/mol. The number of rotatable bonds is 4. The van der Waals surface area contributed by atoms with Gasteiger partial charge in [0.25, 0.3) is 0 Å². The molecule has 0 spiro atoms. The molecule has 2 aromatic heterocycles. The Morgan fingerprint density at radius 2 is 1.94 bits per heavy atom. The van der Waals surface area contributed by atoms with Crippen LogP contribution in [0.4, 0.5) is 10.7 Å². The molecular formula is C20H29ClN6O4. The zero-order valence-electron chi connectivity index (χ0n) is 18.8. The van der Waals surface area contributed by atoms with E-state index in [2.05, 4.69) is 15.1 Å². The summed E-state index contributed by atoms with van der Waals surface area (Å²) in [4.78, 5) is 37.2. The third kappa shape index (κ3) is 5.00. The Morgan fingerprint density at radius 1 is 1.23 bits per heavy atom. The highest BCUT2D eigenvalue weighted by atomic mass is 35.5. The zero-order valence-corrected chi connectivity index (χ0v) is 19.5. The highest BCUT2D eigenvalue weighted by molar-refractivity contribution is 6.28. The van der Waals surface area contributed by atoms with Crippen LogP contribution in [0.1, 0.15) is 58.5 Å². The first-order valence-corrected chi connectivity index (χ1v) is 10.8. The van der Waals surface area contributed by atoms with Crippen LogP contribution in [0.25, 0.3) is 5.65 Å². The Kier molecular flexibility index (Phi) is 6.59. The van der Waals surface area contributed by atoms with Gasteiger partial charge in [-0.25, -0.2) is 9.59 Å². The van der Waals surface area contributed by atoms with E-state index in [4.69, 9.17) is 21.1 Å². The summed E-state index contributed by atoms with van der Waals surface area (Å²) in [6.45, 7) is 12.5. The molecule has 1 fully saturated rings. The Labute approximate surface area is 186 Å². The fourth-order valence-corrected chi connectivity index (χ4v) is 3.71. The average Bonchev–Trinajstić information content (AvgIpc) is 3.10. The first-order chi connectivity index (χ1) is 14.5. The van der Waals surface area contributed by atoms with Crippen LogP contribution in [-0.4, -0.2) is 73.9 Å². The third-order valence-corrected chi connectivity index (χ3v) is 5.13. The van der Waals surface area contributed by atoms with Crippen LogP contribution < -0.4 is 4.90 Å². The number of nitrogens with zero attached hydrogens (tertiary/aromatic N) is 6. The molecule has 0 radical (unpaired) electrons. The second kappa shape index (κ2) is 8.86. The summed E-state index contributed by atoms with van der Waals surface area (Å²) in [6.07, 6.45) is 0.401. The van der Waals surface area contributed by atoms with E-state index in [0.717, 1.165) is 6.42 Å². The number of esters is 1. The number of fused-ring (bicyclic) bond motifs is 1. The average molecular weight is 453 g/mol. The molecule has 0 bridgehead atoms. The van der Waals surface area contributed by atoms with E-state index >= 15 is 0 Å². The number of anilines is 1. The van der Waals surface area contributed by atoms with E-state index in [1.54, 1.807) is 11.8 Å². The molecule has 1 aliphatic heterocycles. The molecule has 0 N–H and O–H groups in total. The van der Waals surface area contributed by atoms with Crippen molar-refractivity contribution in [1.29, 1.82) is 0 Å². The van der Waals surface area contributed by atoms with Gasteiger partial charge >= 0.3 is 12.1 Å². The largest absolute Gasteiger partial charge is 0.461 e. The molecule has 3 rings (SSSR count). The molecule has 0 unspecified atom stereocenters. The van der Waals surface area contributed by atoms with E-state index in [1.165, 1.54) is 10.6 Å². The maximum absolute atomic E-state index is 12.7. The first-order valence-electron chi connectivity index (χ1n) is 10.4. The Morgan fingerprint density at radius 3 is 2.55 bits per heavy atom. The van der Waals surface area contributed by atoms with Gasteiger partial charge in [0.15, 0.2) is 11.3 Å². The molecule has 31 heavy (non-hydrogen) atoms. The molecule has 3 heterocycles. The standard InChI is InChI=1S/C20H29ClN6O4/c1-7-13-11-25(12(3)10-26(13)19(29)31-20(4,5)6)18-23-17(21)22-15-9-14(24-27(15)18)16(28)30-8-2/h9,12-13H,7-8,10-11H2,1-6H3/t12-,13+/m0/s1. The minimum atomic E-state index is -0.569. The van der Waals surface area contributed by atoms with E-state index < -0.39 is 11.6 Å². The summed E-state index contributed by atoms with van der Waals surface area (Å²) in [6, 6.07) is 1.34. The molecule has 2 atom stereocenters. The molecule has 11 heteroatoms. The fourth-order valence-electron chi connectivity index (χ4n) is 3.55. The van der Waals surface area contributed by atoms with Crippen molar-refractivity contribution in [3.63, 3.8) is 0 Å². The molecule has 0 saturated carbocycles. The highest BCUT2D eigenvalue weighted by Crippen LogP contribution is 2.26. The van der Waals surface area contributed by atoms with Gasteiger partial charge in [0.1, 0.15) is 5.60 Å². The summed E-state index contributed by atoms with van der Waals surface area (Å²) in [5.41, 5.74) is -0.0414. The molecule has 1 aliphatic rings. The summed E-state index contributed by atoms with van der Waals surface area (Å²) >= 11 is 6.17. The maximum Gasteiger partial charge on any atom is 0.410 e. The van der Waals surface area contributed by atoms with E-state index in [1.807, 2.05) is 39.5 Å². The van der Waals surface area contributed by atoms with Crippen molar-refractivity contribution in [2.45, 2.75) is 65.6 Å². The molecule has 0 aliphatic carbocycles. The smallest absolute Gasteiger partial charge is 0.410 e. The van der Waals surface area contributed by atoms with Gasteiger partial charge in [-0.15, -0.1) is 0 Å². The quantitative estimate of drug-likeness (QED) is 0.651. The summed E-state index contributed by atoms with van der Waals surface area (Å²) in [5, 5.41) is 4.40. The molecule has 170 valence electrons. The molecule has 1 amide bonds. The van der Waals surface area contributed by atoms with Crippen molar-refractivity contribution in [3.05, 3.63) is 17.0 Å². The lowest BCUT2D eigenvalue weighted by atomic mass is 10.1. The molecule has 2 aromatic rings. The van der Waals surface area contributed by atoms with Crippen LogP contribution in [0, 0.1) is 0 Å². The lowest BCUT2D eigenvalue weighted by molar-refractivity contribution is 0.0104. The number of carbonyl (C=O) groups is 2. The van der Waals surface area contributed by atoms with E-state index in [9.17, 15) is 9.59 Å². The Bertz CT molecular complexity index is 972. The Hall–Kier alpha value is -2.62. The topological polar surface area (TPSA) is 102 Å². The highest BCUT2D eigenvalue weighted by Gasteiger charge is 2.37. The molecule has 0 aromatic carbocycles. The number of halogens is 1. The molecule has 10 nitrogen and oxygen atoms in total. The fraction of sp³-hybridized carbons (Fsp3) is 0.650. The van der Waals surface area contributed by atoms with Crippen LogP contribution >= 0.6 is 11.6 Å². The van der Waals surface area contributed by atoms with Crippen LogP contribution in [0.5, 0.6) is 0 Å². The lowest BCUT2D eigenvalue weighted by Crippen LogP contribution is -2.60. The van der Waals surface area contributed by atoms with Crippen LogP contribution in [0.3, 0.4) is 0 Å². The van der Waals surface area contributed by atoms with E-state index in [-0.39, 0.29) is 35.8 Å². The predicted molar refractivity (Wildman–Crippen MR) is 116 cm³/mol. The van der Waals surface area contributed by atoms with Crippen LogP contribution in [0.2, 0.25) is 5.28 Å². The Balaban J connectivity index is 1.94. The normalized spacial score (nSPS) is 19.6.